The fourth-order valence-electron chi connectivity index (χ4n) is 0.971. The molecule has 1 aromatic rings. The second kappa shape index (κ2) is 7.14. The van der Waals surface area contributed by atoms with Gasteiger partial charge in [0.05, 0.1) is 0 Å². The summed E-state index contributed by atoms with van der Waals surface area (Å²) in [7, 11) is 4.44. The number of hydrogen-bond donors (Lipinski definition) is 0. The summed E-state index contributed by atoms with van der Waals surface area (Å²) in [6, 6.07) is 11.1. The summed E-state index contributed by atoms with van der Waals surface area (Å²) in [6.45, 7) is 4.54. The molecule has 0 aliphatic rings. The van der Waals surface area contributed by atoms with E-state index in [0.29, 0.717) is 0 Å². The van der Waals surface area contributed by atoms with Crippen LogP contribution in [0.1, 0.15) is 13.8 Å². The van der Waals surface area contributed by atoms with Crippen molar-refractivity contribution in [2.45, 2.75) is 13.8 Å². The molecule has 0 N–H and O–H groups in total. The van der Waals surface area contributed by atoms with Gasteiger partial charge in [-0.25, -0.2) is 0 Å². The van der Waals surface area contributed by atoms with Gasteiger partial charge in [0, 0.05) is 0 Å². The molecule has 0 nitrogen and oxygen atoms in total. The Kier molecular flexibility index (Phi) is 6.52. The molecule has 1 rings (SSSR count). The van der Waals surface area contributed by atoms with E-state index in [0.717, 1.165) is 0 Å². The van der Waals surface area contributed by atoms with E-state index in [2.05, 4.69) is 61.2 Å². The maximum atomic E-state index is 2.31. The van der Waals surface area contributed by atoms with E-state index in [1.54, 1.807) is 3.27 Å². The van der Waals surface area contributed by atoms with E-state index in [-0.39, 0.29) is 0 Å². The molecule has 0 amide bonds. The predicted octanol–water partition coefficient (Wildman–Crippen LogP) is 2.89. The third kappa shape index (κ3) is 4.23. The summed E-state index contributed by atoms with van der Waals surface area (Å²) in [5.74, 6) is 2.56. The molecule has 0 heterocycles. The molecule has 0 fully saturated rings. The first-order valence-electron chi connectivity index (χ1n) is 4.49. The second-order valence-corrected chi connectivity index (χ2v) is 22.6. The third-order valence-electron chi connectivity index (χ3n) is 1.46. The van der Waals surface area contributed by atoms with Gasteiger partial charge in [0.15, 0.2) is 0 Å². The molecule has 0 aliphatic heterocycles. The van der Waals surface area contributed by atoms with Crippen molar-refractivity contribution in [3.05, 3.63) is 30.3 Å². The van der Waals surface area contributed by atoms with Gasteiger partial charge in [-0.1, -0.05) is 0 Å². The van der Waals surface area contributed by atoms with Crippen molar-refractivity contribution in [1.29, 1.82) is 0 Å². The van der Waals surface area contributed by atoms with Crippen molar-refractivity contribution in [3.8, 4) is 0 Å². The van der Waals surface area contributed by atoms with Crippen molar-refractivity contribution in [1.82, 2.24) is 0 Å². The SMILES string of the molecule is CC[S][Bi]([S]CC)[c]1ccccc1. The molecule has 13 heavy (non-hydrogen) atoms. The summed E-state index contributed by atoms with van der Waals surface area (Å²) < 4.78 is 1.65. The van der Waals surface area contributed by atoms with E-state index in [1.807, 2.05) is 0 Å². The van der Waals surface area contributed by atoms with Gasteiger partial charge in [-0.05, 0) is 0 Å². The molecule has 0 aliphatic carbocycles. The van der Waals surface area contributed by atoms with E-state index >= 15 is 0 Å². The van der Waals surface area contributed by atoms with Crippen LogP contribution < -0.4 is 3.27 Å². The van der Waals surface area contributed by atoms with Crippen molar-refractivity contribution in [3.63, 3.8) is 0 Å². The molecule has 72 valence electrons. The molecular formula is C10H15BiS2. The van der Waals surface area contributed by atoms with Gasteiger partial charge >= 0.3 is 94.8 Å². The fourth-order valence-corrected chi connectivity index (χ4v) is 22.9. The maximum absolute atomic E-state index is 2.31. The summed E-state index contributed by atoms with van der Waals surface area (Å²) in [5.41, 5.74) is 0. The molecular weight excluding hydrogens is 393 g/mol. The summed E-state index contributed by atoms with van der Waals surface area (Å²) >= 11 is -1.40. The van der Waals surface area contributed by atoms with E-state index in [9.17, 15) is 0 Å². The van der Waals surface area contributed by atoms with Gasteiger partial charge in [-0.3, -0.25) is 0 Å². The van der Waals surface area contributed by atoms with E-state index < -0.39 is 18.8 Å². The fraction of sp³-hybridized carbons (Fsp3) is 0.400. The minimum absolute atomic E-state index is 1.28. The number of benzene rings is 1. The summed E-state index contributed by atoms with van der Waals surface area (Å²) in [6.07, 6.45) is 0. The van der Waals surface area contributed by atoms with Crippen molar-refractivity contribution >= 4 is 39.1 Å². The van der Waals surface area contributed by atoms with E-state index in [4.69, 9.17) is 0 Å². The Morgan fingerprint density at radius 1 is 1.00 bits per heavy atom. The van der Waals surface area contributed by atoms with Gasteiger partial charge in [0.1, 0.15) is 0 Å². The van der Waals surface area contributed by atoms with E-state index in [1.165, 1.54) is 11.5 Å². The van der Waals surface area contributed by atoms with Crippen molar-refractivity contribution < 1.29 is 0 Å². The topological polar surface area (TPSA) is 0 Å². The normalized spacial score (nSPS) is 10.7. The van der Waals surface area contributed by atoms with Crippen molar-refractivity contribution in [2.75, 3.05) is 11.5 Å². The first-order chi connectivity index (χ1) is 6.38. The Morgan fingerprint density at radius 3 is 2.00 bits per heavy atom. The Balaban J connectivity index is 2.64. The van der Waals surface area contributed by atoms with Crippen LogP contribution in [0.25, 0.3) is 0 Å². The molecule has 0 unspecified atom stereocenters. The van der Waals surface area contributed by atoms with Crippen LogP contribution in [0.3, 0.4) is 0 Å². The van der Waals surface area contributed by atoms with Gasteiger partial charge in [0.25, 0.3) is 0 Å². The van der Waals surface area contributed by atoms with Gasteiger partial charge in [-0.15, -0.1) is 0 Å². The molecule has 0 aromatic heterocycles. The number of hydrogen-bond acceptors (Lipinski definition) is 2. The first-order valence-corrected chi connectivity index (χ1v) is 16.6. The first kappa shape index (κ1) is 11.9. The van der Waals surface area contributed by atoms with Crippen LogP contribution in [0.15, 0.2) is 30.3 Å². The quantitative estimate of drug-likeness (QED) is 0.688. The molecule has 0 spiro atoms. The standard InChI is InChI=1S/C6H5.2C2H6S.Bi/c1-2-4-6-5-3-1;2*1-2-3;/h1-5H;2*3H,2H2,1H3;/q;;;+2/p-2. The van der Waals surface area contributed by atoms with Crippen LogP contribution in [0.4, 0.5) is 0 Å². The predicted molar refractivity (Wildman–Crippen MR) is 68.1 cm³/mol. The van der Waals surface area contributed by atoms with Crippen LogP contribution in [0.5, 0.6) is 0 Å². The van der Waals surface area contributed by atoms with Crippen LogP contribution >= 0.6 is 17.0 Å². The molecule has 0 saturated carbocycles. The Hall–Kier alpha value is 0.803. The molecule has 0 saturated heterocycles. The average molecular weight is 408 g/mol. The zero-order chi connectivity index (χ0) is 9.52. The molecule has 0 bridgehead atoms. The minimum atomic E-state index is -1.40. The zero-order valence-electron chi connectivity index (χ0n) is 8.06. The summed E-state index contributed by atoms with van der Waals surface area (Å²) in [5, 5.41) is 0. The van der Waals surface area contributed by atoms with Crippen LogP contribution in [-0.2, 0) is 0 Å². The zero-order valence-corrected chi connectivity index (χ0v) is 13.2. The van der Waals surface area contributed by atoms with Gasteiger partial charge in [-0.2, -0.15) is 0 Å². The Bertz CT molecular complexity index is 220. The van der Waals surface area contributed by atoms with Crippen molar-refractivity contribution in [2.24, 2.45) is 0 Å². The molecule has 1 aromatic carbocycles. The van der Waals surface area contributed by atoms with Crippen LogP contribution in [-0.4, -0.2) is 30.3 Å². The second-order valence-electron chi connectivity index (χ2n) is 2.43. The summed E-state index contributed by atoms with van der Waals surface area (Å²) in [4.78, 5) is 0. The monoisotopic (exact) mass is 408 g/mol. The Labute approximate surface area is 94.1 Å². The van der Waals surface area contributed by atoms with Gasteiger partial charge < -0.3 is 0 Å². The van der Waals surface area contributed by atoms with Crippen LogP contribution in [0.2, 0.25) is 0 Å². The Morgan fingerprint density at radius 2 is 1.54 bits per heavy atom. The molecule has 0 radical (unpaired) electrons. The van der Waals surface area contributed by atoms with Crippen LogP contribution in [0, 0.1) is 0 Å². The third-order valence-corrected chi connectivity index (χ3v) is 26.0. The van der Waals surface area contributed by atoms with Gasteiger partial charge in [0.2, 0.25) is 0 Å². The molecule has 0 atom stereocenters. The number of rotatable bonds is 5. The molecule has 3 heteroatoms. The average Bonchev–Trinajstić information content (AvgIpc) is 2.19.